The van der Waals surface area contributed by atoms with Gasteiger partial charge in [-0.15, -0.1) is 12.4 Å². The summed E-state index contributed by atoms with van der Waals surface area (Å²) in [5.74, 6) is -0.687. The van der Waals surface area contributed by atoms with Gasteiger partial charge in [-0.05, 0) is 25.8 Å². The van der Waals surface area contributed by atoms with Crippen LogP contribution >= 0.6 is 12.4 Å². The number of carboxylic acid groups (broad SMARTS) is 1. The van der Waals surface area contributed by atoms with Gasteiger partial charge in [0.15, 0.2) is 0 Å². The fourth-order valence-corrected chi connectivity index (χ4v) is 2.80. The van der Waals surface area contributed by atoms with Crippen LogP contribution in [0.5, 0.6) is 0 Å². The van der Waals surface area contributed by atoms with Crippen LogP contribution in [0.2, 0.25) is 0 Å². The third-order valence-electron chi connectivity index (χ3n) is 3.77. The molecule has 5 heteroatoms. The van der Waals surface area contributed by atoms with E-state index in [0.29, 0.717) is 6.42 Å². The van der Waals surface area contributed by atoms with Crippen molar-refractivity contribution in [3.8, 4) is 0 Å². The Morgan fingerprint density at radius 3 is 2.81 bits per heavy atom. The van der Waals surface area contributed by atoms with Crippen molar-refractivity contribution in [2.24, 2.45) is 5.41 Å². The Morgan fingerprint density at radius 1 is 1.56 bits per heavy atom. The van der Waals surface area contributed by atoms with Crippen molar-refractivity contribution >= 4 is 18.4 Å². The molecule has 4 nitrogen and oxygen atoms in total. The molecule has 1 spiro atoms. The van der Waals surface area contributed by atoms with E-state index in [-0.39, 0.29) is 23.9 Å². The summed E-state index contributed by atoms with van der Waals surface area (Å²) in [7, 11) is 0. The lowest BCUT2D eigenvalue weighted by Crippen LogP contribution is -2.40. The lowest BCUT2D eigenvalue weighted by atomic mass is 9.87. The Kier molecular flexibility index (Phi) is 4.59. The van der Waals surface area contributed by atoms with Gasteiger partial charge in [-0.2, -0.15) is 0 Å². The van der Waals surface area contributed by atoms with Gasteiger partial charge >= 0.3 is 5.97 Å². The SMILES string of the molecule is CCC(C(=O)O)N1CCC2(CCOC2)C1.Cl. The molecule has 1 N–H and O–H groups in total. The zero-order chi connectivity index (χ0) is 10.9. The summed E-state index contributed by atoms with van der Waals surface area (Å²) in [4.78, 5) is 13.2. The van der Waals surface area contributed by atoms with E-state index in [2.05, 4.69) is 4.90 Å². The first-order valence-corrected chi connectivity index (χ1v) is 5.71. The maximum Gasteiger partial charge on any atom is 0.320 e. The zero-order valence-electron chi connectivity index (χ0n) is 9.65. The molecule has 2 fully saturated rings. The number of ether oxygens (including phenoxy) is 1. The maximum absolute atomic E-state index is 11.0. The Balaban J connectivity index is 0.00000128. The number of hydrogen-bond donors (Lipinski definition) is 1. The standard InChI is InChI=1S/C11H19NO3.ClH/c1-2-9(10(13)14)12-5-3-11(7-12)4-6-15-8-11;/h9H,2-8H2,1H3,(H,13,14);1H. The first kappa shape index (κ1) is 13.7. The summed E-state index contributed by atoms with van der Waals surface area (Å²) < 4.78 is 5.43. The summed E-state index contributed by atoms with van der Waals surface area (Å²) in [6.45, 7) is 5.41. The number of carbonyl (C=O) groups is 1. The second kappa shape index (κ2) is 5.34. The first-order valence-electron chi connectivity index (χ1n) is 5.71. The van der Waals surface area contributed by atoms with Crippen LogP contribution < -0.4 is 0 Å². The average Bonchev–Trinajstić information content (AvgIpc) is 2.79. The van der Waals surface area contributed by atoms with E-state index in [0.717, 1.165) is 39.1 Å². The summed E-state index contributed by atoms with van der Waals surface area (Å²) >= 11 is 0. The molecule has 0 radical (unpaired) electrons. The second-order valence-corrected chi connectivity index (χ2v) is 4.79. The van der Waals surface area contributed by atoms with Crippen LogP contribution in [0.1, 0.15) is 26.2 Å². The predicted molar refractivity (Wildman–Crippen MR) is 63.0 cm³/mol. The zero-order valence-corrected chi connectivity index (χ0v) is 10.5. The summed E-state index contributed by atoms with van der Waals surface area (Å²) in [6, 6.07) is -0.301. The third kappa shape index (κ3) is 2.50. The van der Waals surface area contributed by atoms with Crippen molar-refractivity contribution in [2.75, 3.05) is 26.3 Å². The highest BCUT2D eigenvalue weighted by Crippen LogP contribution is 2.39. The van der Waals surface area contributed by atoms with Gasteiger partial charge in [0.05, 0.1) is 6.61 Å². The van der Waals surface area contributed by atoms with Crippen molar-refractivity contribution in [3.05, 3.63) is 0 Å². The molecule has 0 amide bonds. The molecule has 0 aliphatic carbocycles. The van der Waals surface area contributed by atoms with Gasteiger partial charge in [-0.1, -0.05) is 6.92 Å². The van der Waals surface area contributed by atoms with Gasteiger partial charge in [-0.25, -0.2) is 0 Å². The molecule has 0 aromatic carbocycles. The number of carboxylic acids is 1. The monoisotopic (exact) mass is 249 g/mol. The van der Waals surface area contributed by atoms with Crippen molar-refractivity contribution in [1.29, 1.82) is 0 Å². The van der Waals surface area contributed by atoms with Crippen LogP contribution in [0.4, 0.5) is 0 Å². The minimum atomic E-state index is -0.687. The van der Waals surface area contributed by atoms with Crippen molar-refractivity contribution in [2.45, 2.75) is 32.2 Å². The molecule has 2 aliphatic rings. The van der Waals surface area contributed by atoms with Gasteiger partial charge < -0.3 is 9.84 Å². The van der Waals surface area contributed by atoms with Crippen molar-refractivity contribution < 1.29 is 14.6 Å². The van der Waals surface area contributed by atoms with Crippen molar-refractivity contribution in [3.63, 3.8) is 0 Å². The molecule has 2 aliphatic heterocycles. The second-order valence-electron chi connectivity index (χ2n) is 4.79. The van der Waals surface area contributed by atoms with Crippen LogP contribution in [-0.4, -0.2) is 48.3 Å². The van der Waals surface area contributed by atoms with Gasteiger partial charge in [0.2, 0.25) is 0 Å². The number of likely N-dealkylation sites (tertiary alicyclic amines) is 1. The highest BCUT2D eigenvalue weighted by Gasteiger charge is 2.43. The molecular weight excluding hydrogens is 230 g/mol. The molecule has 94 valence electrons. The molecule has 0 bridgehead atoms. The van der Waals surface area contributed by atoms with Crippen LogP contribution in [0.3, 0.4) is 0 Å². The number of aliphatic carboxylic acids is 1. The number of nitrogens with zero attached hydrogens (tertiary/aromatic N) is 1. The molecule has 2 saturated heterocycles. The maximum atomic E-state index is 11.0. The number of rotatable bonds is 3. The quantitative estimate of drug-likeness (QED) is 0.821. The molecule has 0 saturated carbocycles. The van der Waals surface area contributed by atoms with Crippen LogP contribution in [0.25, 0.3) is 0 Å². The largest absolute Gasteiger partial charge is 0.480 e. The number of halogens is 1. The normalized spacial score (nSPS) is 31.6. The Labute approximate surface area is 102 Å². The van der Waals surface area contributed by atoms with E-state index in [1.54, 1.807) is 0 Å². The minimum absolute atomic E-state index is 0. The fourth-order valence-electron chi connectivity index (χ4n) is 2.80. The highest BCUT2D eigenvalue weighted by atomic mass is 35.5. The van der Waals surface area contributed by atoms with Gasteiger partial charge in [-0.3, -0.25) is 9.69 Å². The molecule has 2 atom stereocenters. The van der Waals surface area contributed by atoms with E-state index in [9.17, 15) is 4.79 Å². The first-order chi connectivity index (χ1) is 7.17. The van der Waals surface area contributed by atoms with E-state index in [1.165, 1.54) is 0 Å². The number of hydrogen-bond acceptors (Lipinski definition) is 3. The molecule has 2 heterocycles. The van der Waals surface area contributed by atoms with Gasteiger partial charge in [0, 0.05) is 18.6 Å². The van der Waals surface area contributed by atoms with Crippen LogP contribution in [0.15, 0.2) is 0 Å². The summed E-state index contributed by atoms with van der Waals surface area (Å²) in [5, 5.41) is 9.09. The smallest absolute Gasteiger partial charge is 0.320 e. The van der Waals surface area contributed by atoms with Gasteiger partial charge in [0.25, 0.3) is 0 Å². The lowest BCUT2D eigenvalue weighted by Gasteiger charge is -2.25. The lowest BCUT2D eigenvalue weighted by molar-refractivity contribution is -0.143. The van der Waals surface area contributed by atoms with Crippen LogP contribution in [-0.2, 0) is 9.53 Å². The topological polar surface area (TPSA) is 49.8 Å². The third-order valence-corrected chi connectivity index (χ3v) is 3.77. The van der Waals surface area contributed by atoms with Crippen molar-refractivity contribution in [1.82, 2.24) is 4.90 Å². The predicted octanol–water partition coefficient (Wildman–Crippen LogP) is 1.38. The van der Waals surface area contributed by atoms with E-state index in [4.69, 9.17) is 9.84 Å². The van der Waals surface area contributed by atoms with E-state index >= 15 is 0 Å². The molecule has 2 rings (SSSR count). The Hall–Kier alpha value is -0.320. The Morgan fingerprint density at radius 2 is 2.31 bits per heavy atom. The van der Waals surface area contributed by atoms with E-state index in [1.807, 2.05) is 6.92 Å². The highest BCUT2D eigenvalue weighted by molar-refractivity contribution is 5.85. The van der Waals surface area contributed by atoms with E-state index < -0.39 is 5.97 Å². The Bertz CT molecular complexity index is 254. The summed E-state index contributed by atoms with van der Waals surface area (Å²) in [5.41, 5.74) is 0.267. The molecule has 16 heavy (non-hydrogen) atoms. The summed E-state index contributed by atoms with van der Waals surface area (Å²) in [6.07, 6.45) is 2.88. The molecule has 2 unspecified atom stereocenters. The fraction of sp³-hybridized carbons (Fsp3) is 0.909. The molecule has 0 aromatic heterocycles. The average molecular weight is 250 g/mol. The van der Waals surface area contributed by atoms with Crippen LogP contribution in [0, 0.1) is 5.41 Å². The van der Waals surface area contributed by atoms with Gasteiger partial charge in [0.1, 0.15) is 6.04 Å². The molecule has 0 aromatic rings. The minimum Gasteiger partial charge on any atom is -0.480 e. The molecular formula is C11H20ClNO3.